The topological polar surface area (TPSA) is 12.0 Å². The third-order valence-corrected chi connectivity index (χ3v) is 2.99. The molecule has 0 aliphatic carbocycles. The Morgan fingerprint density at radius 1 is 1.25 bits per heavy atom. The molecule has 0 aromatic rings. The molecule has 0 bridgehead atoms. The Balaban J connectivity index is 2.29. The van der Waals surface area contributed by atoms with E-state index in [0.717, 1.165) is 12.0 Å². The van der Waals surface area contributed by atoms with Crippen molar-refractivity contribution in [3.63, 3.8) is 0 Å². The predicted molar refractivity (Wildman–Crippen MR) is 54.3 cm³/mol. The Hall–Kier alpha value is -0.0400. The van der Waals surface area contributed by atoms with E-state index in [-0.39, 0.29) is 0 Å². The van der Waals surface area contributed by atoms with Crippen molar-refractivity contribution in [3.8, 4) is 0 Å². The molecule has 0 aromatic heterocycles. The van der Waals surface area contributed by atoms with Crippen molar-refractivity contribution >= 4 is 0 Å². The SMILES string of the molecule is CCCC(CCC)C1CCCN1. The van der Waals surface area contributed by atoms with Crippen LogP contribution in [0.25, 0.3) is 0 Å². The Labute approximate surface area is 76.9 Å². The molecular formula is C11H23N. The molecule has 1 nitrogen and oxygen atoms in total. The quantitative estimate of drug-likeness (QED) is 0.667. The molecule has 1 heterocycles. The van der Waals surface area contributed by atoms with Gasteiger partial charge in [0.15, 0.2) is 0 Å². The molecule has 1 aliphatic heterocycles. The molecule has 1 N–H and O–H groups in total. The zero-order valence-corrected chi connectivity index (χ0v) is 8.60. The second kappa shape index (κ2) is 5.58. The van der Waals surface area contributed by atoms with Crippen LogP contribution in [0.5, 0.6) is 0 Å². The van der Waals surface area contributed by atoms with Crippen molar-refractivity contribution in [2.24, 2.45) is 5.92 Å². The van der Waals surface area contributed by atoms with E-state index in [4.69, 9.17) is 0 Å². The number of rotatable bonds is 5. The maximum Gasteiger partial charge on any atom is 0.00957 e. The molecule has 72 valence electrons. The lowest BCUT2D eigenvalue weighted by Crippen LogP contribution is -2.30. The smallest absolute Gasteiger partial charge is 0.00957 e. The summed E-state index contributed by atoms with van der Waals surface area (Å²) in [5.41, 5.74) is 0. The Kier molecular flexibility index (Phi) is 4.67. The van der Waals surface area contributed by atoms with Crippen LogP contribution >= 0.6 is 0 Å². The fraction of sp³-hybridized carbons (Fsp3) is 1.00. The van der Waals surface area contributed by atoms with Gasteiger partial charge < -0.3 is 5.32 Å². The second-order valence-electron chi connectivity index (χ2n) is 4.04. The number of hydrogen-bond donors (Lipinski definition) is 1. The van der Waals surface area contributed by atoms with Crippen LogP contribution in [0.1, 0.15) is 52.4 Å². The highest BCUT2D eigenvalue weighted by molar-refractivity contribution is 4.80. The van der Waals surface area contributed by atoms with E-state index in [2.05, 4.69) is 19.2 Å². The summed E-state index contributed by atoms with van der Waals surface area (Å²) in [7, 11) is 0. The molecule has 12 heavy (non-hydrogen) atoms. The van der Waals surface area contributed by atoms with E-state index in [1.165, 1.54) is 45.1 Å². The van der Waals surface area contributed by atoms with Crippen LogP contribution in [0.2, 0.25) is 0 Å². The van der Waals surface area contributed by atoms with Crippen LogP contribution in [-0.4, -0.2) is 12.6 Å². The van der Waals surface area contributed by atoms with Gasteiger partial charge in [-0.05, 0) is 38.1 Å². The largest absolute Gasteiger partial charge is 0.314 e. The number of hydrogen-bond acceptors (Lipinski definition) is 1. The minimum Gasteiger partial charge on any atom is -0.314 e. The first-order valence-corrected chi connectivity index (χ1v) is 5.61. The lowest BCUT2D eigenvalue weighted by atomic mass is 9.90. The molecule has 1 heteroatoms. The van der Waals surface area contributed by atoms with Crippen LogP contribution in [0.4, 0.5) is 0 Å². The summed E-state index contributed by atoms with van der Waals surface area (Å²) in [5, 5.41) is 3.63. The third kappa shape index (κ3) is 2.78. The highest BCUT2D eigenvalue weighted by Gasteiger charge is 2.22. The lowest BCUT2D eigenvalue weighted by Gasteiger charge is -2.22. The molecule has 1 unspecified atom stereocenters. The summed E-state index contributed by atoms with van der Waals surface area (Å²) < 4.78 is 0. The first kappa shape index (κ1) is 10.0. The van der Waals surface area contributed by atoms with Gasteiger partial charge >= 0.3 is 0 Å². The Bertz CT molecular complexity index is 99.6. The van der Waals surface area contributed by atoms with Gasteiger partial charge in [0.1, 0.15) is 0 Å². The fourth-order valence-corrected chi connectivity index (χ4v) is 2.40. The molecule has 1 aliphatic rings. The summed E-state index contributed by atoms with van der Waals surface area (Å²) in [6.45, 7) is 5.86. The monoisotopic (exact) mass is 169 g/mol. The van der Waals surface area contributed by atoms with Gasteiger partial charge in [-0.1, -0.05) is 26.7 Å². The summed E-state index contributed by atoms with van der Waals surface area (Å²) >= 11 is 0. The van der Waals surface area contributed by atoms with Crippen molar-refractivity contribution < 1.29 is 0 Å². The van der Waals surface area contributed by atoms with Crippen molar-refractivity contribution in [2.75, 3.05) is 6.54 Å². The molecule has 0 radical (unpaired) electrons. The highest BCUT2D eigenvalue weighted by atomic mass is 14.9. The fourth-order valence-electron chi connectivity index (χ4n) is 2.40. The highest BCUT2D eigenvalue weighted by Crippen LogP contribution is 2.23. The van der Waals surface area contributed by atoms with Gasteiger partial charge in [0.05, 0.1) is 0 Å². The summed E-state index contributed by atoms with van der Waals surface area (Å²) in [6, 6.07) is 0.852. The van der Waals surface area contributed by atoms with E-state index in [9.17, 15) is 0 Å². The van der Waals surface area contributed by atoms with Crippen LogP contribution in [0.3, 0.4) is 0 Å². The number of nitrogens with one attached hydrogen (secondary N) is 1. The Morgan fingerprint density at radius 3 is 2.33 bits per heavy atom. The maximum atomic E-state index is 3.63. The third-order valence-electron chi connectivity index (χ3n) is 2.99. The molecular weight excluding hydrogens is 146 g/mol. The molecule has 1 saturated heterocycles. The van der Waals surface area contributed by atoms with E-state index in [1.54, 1.807) is 0 Å². The van der Waals surface area contributed by atoms with Gasteiger partial charge in [-0.15, -0.1) is 0 Å². The van der Waals surface area contributed by atoms with E-state index in [1.807, 2.05) is 0 Å². The lowest BCUT2D eigenvalue weighted by molar-refractivity contribution is 0.338. The molecule has 0 saturated carbocycles. The van der Waals surface area contributed by atoms with Crippen molar-refractivity contribution in [1.82, 2.24) is 5.32 Å². The van der Waals surface area contributed by atoms with E-state index in [0.29, 0.717) is 0 Å². The summed E-state index contributed by atoms with van der Waals surface area (Å²) in [5.74, 6) is 0.961. The van der Waals surface area contributed by atoms with Crippen LogP contribution in [0, 0.1) is 5.92 Å². The van der Waals surface area contributed by atoms with Crippen LogP contribution in [-0.2, 0) is 0 Å². The Morgan fingerprint density at radius 2 is 1.92 bits per heavy atom. The molecule has 1 rings (SSSR count). The van der Waals surface area contributed by atoms with E-state index >= 15 is 0 Å². The van der Waals surface area contributed by atoms with Gasteiger partial charge in [0, 0.05) is 6.04 Å². The molecule has 0 aromatic carbocycles. The zero-order valence-electron chi connectivity index (χ0n) is 8.60. The average Bonchev–Trinajstić information content (AvgIpc) is 2.56. The summed E-state index contributed by atoms with van der Waals surface area (Å²) in [6.07, 6.45) is 8.36. The second-order valence-corrected chi connectivity index (χ2v) is 4.04. The van der Waals surface area contributed by atoms with Crippen molar-refractivity contribution in [3.05, 3.63) is 0 Å². The molecule has 1 atom stereocenters. The van der Waals surface area contributed by atoms with Gasteiger partial charge in [-0.3, -0.25) is 0 Å². The standard InChI is InChI=1S/C11H23N/c1-3-6-10(7-4-2)11-8-5-9-12-11/h10-12H,3-9H2,1-2H3. The minimum atomic E-state index is 0.852. The van der Waals surface area contributed by atoms with Gasteiger partial charge in [-0.2, -0.15) is 0 Å². The predicted octanol–water partition coefficient (Wildman–Crippen LogP) is 2.95. The maximum absolute atomic E-state index is 3.63. The first-order valence-electron chi connectivity index (χ1n) is 5.61. The van der Waals surface area contributed by atoms with Crippen molar-refractivity contribution in [2.45, 2.75) is 58.4 Å². The molecule has 0 spiro atoms. The van der Waals surface area contributed by atoms with Gasteiger partial charge in [-0.25, -0.2) is 0 Å². The van der Waals surface area contributed by atoms with Gasteiger partial charge in [0.25, 0.3) is 0 Å². The normalized spacial score (nSPS) is 23.8. The zero-order chi connectivity index (χ0) is 8.81. The average molecular weight is 169 g/mol. The van der Waals surface area contributed by atoms with Crippen LogP contribution in [0.15, 0.2) is 0 Å². The van der Waals surface area contributed by atoms with Gasteiger partial charge in [0.2, 0.25) is 0 Å². The molecule has 0 amide bonds. The minimum absolute atomic E-state index is 0.852. The molecule has 1 fully saturated rings. The van der Waals surface area contributed by atoms with Crippen LogP contribution < -0.4 is 5.32 Å². The first-order chi connectivity index (χ1) is 5.88. The summed E-state index contributed by atoms with van der Waals surface area (Å²) in [4.78, 5) is 0. The van der Waals surface area contributed by atoms with E-state index < -0.39 is 0 Å². The van der Waals surface area contributed by atoms with Crippen molar-refractivity contribution in [1.29, 1.82) is 0 Å².